The lowest BCUT2D eigenvalue weighted by Gasteiger charge is -1.86. The van der Waals surface area contributed by atoms with E-state index >= 15 is 0 Å². The first-order valence-corrected chi connectivity index (χ1v) is 4.77. The van der Waals surface area contributed by atoms with Crippen LogP contribution < -0.4 is 0 Å². The molecule has 3 heterocycles. The van der Waals surface area contributed by atoms with Crippen molar-refractivity contribution in [2.24, 2.45) is 0 Å². The number of nitrogens with one attached hydrogen (secondary N) is 1. The molecule has 0 saturated carbocycles. The number of pyridine rings is 1. The quantitative estimate of drug-likeness (QED) is 0.641. The summed E-state index contributed by atoms with van der Waals surface area (Å²) >= 11 is 5.76. The molecule has 0 unspecified atom stereocenters. The average molecular weight is 220 g/mol. The van der Waals surface area contributed by atoms with Gasteiger partial charge in [-0.25, -0.2) is 9.97 Å². The highest BCUT2D eigenvalue weighted by molar-refractivity contribution is 6.29. The summed E-state index contributed by atoms with van der Waals surface area (Å²) in [4.78, 5) is 11.5. The fraction of sp³-hybridized carbons (Fsp3) is 0. The first-order chi connectivity index (χ1) is 7.33. The van der Waals surface area contributed by atoms with Crippen LogP contribution in [0.2, 0.25) is 5.15 Å². The van der Waals surface area contributed by atoms with Gasteiger partial charge in [-0.15, -0.1) is 0 Å². The van der Waals surface area contributed by atoms with Gasteiger partial charge in [0, 0.05) is 0 Å². The summed E-state index contributed by atoms with van der Waals surface area (Å²) in [6, 6.07) is 7.19. The number of hydrogen-bond donors (Lipinski definition) is 1. The number of hydrogen-bond acceptors (Lipinski definition) is 3. The fourth-order valence-electron chi connectivity index (χ4n) is 1.40. The molecule has 3 aromatic rings. The SMILES string of the molecule is Clc1ccc2[nH]c(-c3ccco3)nc2n1. The molecular formula is C10H6ClN3O. The number of rotatable bonds is 1. The van der Waals surface area contributed by atoms with Crippen molar-refractivity contribution in [1.29, 1.82) is 0 Å². The first kappa shape index (κ1) is 8.49. The van der Waals surface area contributed by atoms with Crippen molar-refractivity contribution < 1.29 is 4.42 Å². The molecule has 4 nitrogen and oxygen atoms in total. The van der Waals surface area contributed by atoms with Crippen molar-refractivity contribution in [2.75, 3.05) is 0 Å². The zero-order chi connectivity index (χ0) is 10.3. The maximum absolute atomic E-state index is 5.76. The van der Waals surface area contributed by atoms with Crippen LogP contribution in [0.15, 0.2) is 34.9 Å². The minimum Gasteiger partial charge on any atom is -0.461 e. The van der Waals surface area contributed by atoms with E-state index in [9.17, 15) is 0 Å². The summed E-state index contributed by atoms with van der Waals surface area (Å²) in [6.07, 6.45) is 1.60. The van der Waals surface area contributed by atoms with Gasteiger partial charge in [0.2, 0.25) is 0 Å². The van der Waals surface area contributed by atoms with Crippen molar-refractivity contribution in [3.63, 3.8) is 0 Å². The molecule has 0 aliphatic carbocycles. The Morgan fingerprint density at radius 1 is 1.20 bits per heavy atom. The van der Waals surface area contributed by atoms with Crippen LogP contribution in [0.4, 0.5) is 0 Å². The summed E-state index contributed by atoms with van der Waals surface area (Å²) in [6.45, 7) is 0. The molecule has 0 fully saturated rings. The van der Waals surface area contributed by atoms with Gasteiger partial charge >= 0.3 is 0 Å². The van der Waals surface area contributed by atoms with Gasteiger partial charge < -0.3 is 9.40 Å². The molecule has 0 amide bonds. The summed E-state index contributed by atoms with van der Waals surface area (Å²) in [5, 5.41) is 0.431. The number of nitrogens with zero attached hydrogens (tertiary/aromatic N) is 2. The highest BCUT2D eigenvalue weighted by Gasteiger charge is 2.08. The zero-order valence-corrected chi connectivity index (χ0v) is 8.32. The summed E-state index contributed by atoms with van der Waals surface area (Å²) < 4.78 is 5.22. The van der Waals surface area contributed by atoms with Gasteiger partial charge in [-0.1, -0.05) is 11.6 Å². The molecule has 1 N–H and O–H groups in total. The van der Waals surface area contributed by atoms with E-state index in [0.717, 1.165) is 5.52 Å². The van der Waals surface area contributed by atoms with Crippen molar-refractivity contribution in [3.8, 4) is 11.6 Å². The number of aromatic nitrogens is 3. The van der Waals surface area contributed by atoms with Gasteiger partial charge in [0.1, 0.15) is 5.15 Å². The van der Waals surface area contributed by atoms with Gasteiger partial charge in [0.05, 0.1) is 11.8 Å². The predicted octanol–water partition coefficient (Wildman–Crippen LogP) is 2.87. The average Bonchev–Trinajstić information content (AvgIpc) is 2.84. The molecule has 0 aromatic carbocycles. The van der Waals surface area contributed by atoms with Gasteiger partial charge in [-0.2, -0.15) is 0 Å². The highest BCUT2D eigenvalue weighted by atomic mass is 35.5. The highest BCUT2D eigenvalue weighted by Crippen LogP contribution is 2.20. The smallest absolute Gasteiger partial charge is 0.179 e. The summed E-state index contributed by atoms with van der Waals surface area (Å²) in [7, 11) is 0. The van der Waals surface area contributed by atoms with Crippen LogP contribution in [-0.4, -0.2) is 15.0 Å². The van der Waals surface area contributed by atoms with Crippen molar-refractivity contribution in [1.82, 2.24) is 15.0 Å². The maximum Gasteiger partial charge on any atom is 0.179 e. The predicted molar refractivity (Wildman–Crippen MR) is 56.6 cm³/mol. The van der Waals surface area contributed by atoms with Crippen LogP contribution in [0.5, 0.6) is 0 Å². The topological polar surface area (TPSA) is 54.7 Å². The molecule has 0 aliphatic rings. The summed E-state index contributed by atoms with van der Waals surface area (Å²) in [5.74, 6) is 1.34. The number of H-pyrrole nitrogens is 1. The fourth-order valence-corrected chi connectivity index (χ4v) is 1.54. The Hall–Kier alpha value is -1.81. The van der Waals surface area contributed by atoms with E-state index in [1.165, 1.54) is 0 Å². The molecule has 0 bridgehead atoms. The Morgan fingerprint density at radius 3 is 2.93 bits per heavy atom. The Morgan fingerprint density at radius 2 is 2.13 bits per heavy atom. The van der Waals surface area contributed by atoms with Gasteiger partial charge in [-0.05, 0) is 24.3 Å². The third-order valence-electron chi connectivity index (χ3n) is 2.07. The minimum atomic E-state index is 0.431. The van der Waals surface area contributed by atoms with E-state index in [0.29, 0.717) is 22.4 Å². The largest absolute Gasteiger partial charge is 0.461 e. The normalized spacial score (nSPS) is 11.0. The van der Waals surface area contributed by atoms with Crippen LogP contribution >= 0.6 is 11.6 Å². The second-order valence-electron chi connectivity index (χ2n) is 3.07. The number of fused-ring (bicyclic) bond motifs is 1. The molecule has 0 saturated heterocycles. The number of aromatic amines is 1. The van der Waals surface area contributed by atoms with Crippen LogP contribution in [0.3, 0.4) is 0 Å². The lowest BCUT2D eigenvalue weighted by molar-refractivity contribution is 0.578. The van der Waals surface area contributed by atoms with E-state index in [4.69, 9.17) is 16.0 Å². The van der Waals surface area contributed by atoms with Gasteiger partial charge in [0.15, 0.2) is 17.2 Å². The van der Waals surface area contributed by atoms with E-state index < -0.39 is 0 Å². The van der Waals surface area contributed by atoms with Crippen LogP contribution in [0.25, 0.3) is 22.7 Å². The molecule has 0 aliphatic heterocycles. The molecule has 0 radical (unpaired) electrons. The van der Waals surface area contributed by atoms with Crippen molar-refractivity contribution in [2.45, 2.75) is 0 Å². The second kappa shape index (κ2) is 3.10. The third kappa shape index (κ3) is 1.39. The Balaban J connectivity index is 2.22. The van der Waals surface area contributed by atoms with Gasteiger partial charge in [-0.3, -0.25) is 0 Å². The van der Waals surface area contributed by atoms with Crippen molar-refractivity contribution >= 4 is 22.8 Å². The maximum atomic E-state index is 5.76. The van der Waals surface area contributed by atoms with E-state index in [1.54, 1.807) is 12.3 Å². The molecule has 0 spiro atoms. The molecular weight excluding hydrogens is 214 g/mol. The van der Waals surface area contributed by atoms with Crippen LogP contribution in [-0.2, 0) is 0 Å². The van der Waals surface area contributed by atoms with E-state index in [2.05, 4.69) is 15.0 Å². The Labute approximate surface area is 89.9 Å². The summed E-state index contributed by atoms with van der Waals surface area (Å²) in [5.41, 5.74) is 1.43. The monoisotopic (exact) mass is 219 g/mol. The van der Waals surface area contributed by atoms with E-state index in [1.807, 2.05) is 18.2 Å². The number of imidazole rings is 1. The molecule has 0 atom stereocenters. The second-order valence-corrected chi connectivity index (χ2v) is 3.46. The molecule has 5 heteroatoms. The molecule has 15 heavy (non-hydrogen) atoms. The lowest BCUT2D eigenvalue weighted by atomic mass is 10.4. The Kier molecular flexibility index (Phi) is 1.76. The number of furan rings is 1. The van der Waals surface area contributed by atoms with Crippen LogP contribution in [0, 0.1) is 0 Å². The third-order valence-corrected chi connectivity index (χ3v) is 2.28. The van der Waals surface area contributed by atoms with Gasteiger partial charge in [0.25, 0.3) is 0 Å². The molecule has 3 aromatic heterocycles. The minimum absolute atomic E-state index is 0.431. The lowest BCUT2D eigenvalue weighted by Crippen LogP contribution is -1.76. The Bertz CT molecular complexity index is 600. The van der Waals surface area contributed by atoms with E-state index in [-0.39, 0.29) is 0 Å². The molecule has 3 rings (SSSR count). The molecule has 74 valence electrons. The number of halogens is 1. The van der Waals surface area contributed by atoms with Crippen LogP contribution in [0.1, 0.15) is 0 Å². The first-order valence-electron chi connectivity index (χ1n) is 4.39. The van der Waals surface area contributed by atoms with Crippen molar-refractivity contribution in [3.05, 3.63) is 35.7 Å². The zero-order valence-electron chi connectivity index (χ0n) is 7.57. The standard InChI is InChI=1S/C10H6ClN3O/c11-8-4-3-6-9(13-8)14-10(12-6)7-2-1-5-15-7/h1-5H,(H,12,13,14).